The first-order valence-electron chi connectivity index (χ1n) is 19.3. The molecule has 0 aliphatic heterocycles. The third-order valence-corrected chi connectivity index (χ3v) is 9.43. The number of hydrogen-bond donors (Lipinski definition) is 4. The largest absolute Gasteiger partial charge is 0.387 e. The molecule has 0 saturated heterocycles. The van der Waals surface area contributed by atoms with Gasteiger partial charge in [0.05, 0.1) is 17.9 Å². The van der Waals surface area contributed by atoms with Gasteiger partial charge in [-0.25, -0.2) is 0 Å². The number of allylic oxidation sites excluding steroid dienone is 5. The molecule has 0 saturated carbocycles. The summed E-state index contributed by atoms with van der Waals surface area (Å²) in [6.45, 7) is 4.48. The van der Waals surface area contributed by atoms with Crippen LogP contribution in [0.15, 0.2) is 36.5 Å². The lowest BCUT2D eigenvalue weighted by molar-refractivity contribution is -0.130. The molecular formula is C39H73NO6S. The first kappa shape index (κ1) is 45.5. The Kier molecular flexibility index (Phi) is 32.0. The molecule has 0 aromatic heterocycles. The van der Waals surface area contributed by atoms with Gasteiger partial charge in [-0.2, -0.15) is 8.42 Å². The van der Waals surface area contributed by atoms with Crippen molar-refractivity contribution in [2.45, 2.75) is 199 Å². The Labute approximate surface area is 289 Å². The minimum absolute atomic E-state index is 0.243. The van der Waals surface area contributed by atoms with Crippen LogP contribution < -0.4 is 5.32 Å². The molecule has 1 amide bonds. The number of carbonyl (C=O) groups is 1. The summed E-state index contributed by atoms with van der Waals surface area (Å²) in [5.74, 6) is -1.58. The van der Waals surface area contributed by atoms with Gasteiger partial charge in [-0.15, -0.1) is 0 Å². The lowest BCUT2D eigenvalue weighted by Gasteiger charge is -2.22. The van der Waals surface area contributed by atoms with Crippen LogP contribution in [0.25, 0.3) is 0 Å². The molecule has 0 aromatic carbocycles. The molecule has 0 aromatic rings. The second-order valence-corrected chi connectivity index (χ2v) is 14.8. The van der Waals surface area contributed by atoms with Gasteiger partial charge in [0, 0.05) is 0 Å². The third kappa shape index (κ3) is 32.8. The van der Waals surface area contributed by atoms with Crippen molar-refractivity contribution in [2.75, 3.05) is 5.75 Å². The number of carbonyl (C=O) groups excluding carboxylic acids is 1. The van der Waals surface area contributed by atoms with Crippen LogP contribution in [0.4, 0.5) is 0 Å². The zero-order valence-corrected chi connectivity index (χ0v) is 31.1. The summed E-state index contributed by atoms with van der Waals surface area (Å²) in [4.78, 5) is 12.5. The molecule has 0 aliphatic carbocycles. The van der Waals surface area contributed by atoms with Gasteiger partial charge in [0.15, 0.2) is 0 Å². The maximum absolute atomic E-state index is 12.5. The van der Waals surface area contributed by atoms with Crippen LogP contribution >= 0.6 is 0 Å². The molecule has 0 heterocycles. The fourth-order valence-electron chi connectivity index (χ4n) is 5.64. The maximum atomic E-state index is 12.5. The van der Waals surface area contributed by atoms with E-state index in [4.69, 9.17) is 0 Å². The number of rotatable bonds is 34. The predicted molar refractivity (Wildman–Crippen MR) is 199 cm³/mol. The summed E-state index contributed by atoms with van der Waals surface area (Å²) in [5.41, 5.74) is 0. The molecule has 4 N–H and O–H groups in total. The Bertz CT molecular complexity index is 901. The zero-order valence-electron chi connectivity index (χ0n) is 30.3. The normalized spacial score (nSPS) is 14.4. The highest BCUT2D eigenvalue weighted by atomic mass is 32.2. The van der Waals surface area contributed by atoms with Gasteiger partial charge in [-0.05, 0) is 57.8 Å². The van der Waals surface area contributed by atoms with Crippen LogP contribution in [0, 0.1) is 0 Å². The second kappa shape index (κ2) is 33.0. The highest BCUT2D eigenvalue weighted by Crippen LogP contribution is 2.13. The van der Waals surface area contributed by atoms with Crippen molar-refractivity contribution < 1.29 is 28.0 Å². The Hall–Kier alpha value is -1.48. The maximum Gasteiger partial charge on any atom is 0.267 e. The van der Waals surface area contributed by atoms with Crippen molar-refractivity contribution >= 4 is 16.0 Å². The number of nitrogens with one attached hydrogen (secondary N) is 1. The number of aliphatic hydroxyl groups is 2. The summed E-state index contributed by atoms with van der Waals surface area (Å²) in [6.07, 6.45) is 39.2. The van der Waals surface area contributed by atoms with E-state index in [1.807, 2.05) is 0 Å². The molecule has 47 heavy (non-hydrogen) atoms. The van der Waals surface area contributed by atoms with Crippen molar-refractivity contribution in [1.82, 2.24) is 5.32 Å². The van der Waals surface area contributed by atoms with Crippen molar-refractivity contribution in [1.29, 1.82) is 0 Å². The summed E-state index contributed by atoms with van der Waals surface area (Å²) in [5, 5.41) is 23.3. The average Bonchev–Trinajstić information content (AvgIpc) is 3.03. The van der Waals surface area contributed by atoms with Crippen molar-refractivity contribution in [2.24, 2.45) is 0 Å². The first-order chi connectivity index (χ1) is 22.7. The molecular weight excluding hydrogens is 610 g/mol. The van der Waals surface area contributed by atoms with Gasteiger partial charge in [0.25, 0.3) is 10.1 Å². The molecule has 0 fully saturated rings. The SMILES string of the molecule is CCCCCCCC/C=C\CCCCC(O)C(=O)NC(CS(=O)(=O)O)C(O)/C=C/CC/C=C/CCCCCCCCCCCCCC. The molecule has 3 unspecified atom stereocenters. The Balaban J connectivity index is 4.16. The first-order valence-corrected chi connectivity index (χ1v) is 20.9. The molecule has 0 rings (SSSR count). The van der Waals surface area contributed by atoms with E-state index in [0.717, 1.165) is 32.1 Å². The molecule has 0 spiro atoms. The van der Waals surface area contributed by atoms with Gasteiger partial charge < -0.3 is 15.5 Å². The molecule has 276 valence electrons. The van der Waals surface area contributed by atoms with Gasteiger partial charge >= 0.3 is 0 Å². The molecule has 0 bridgehead atoms. The summed E-state index contributed by atoms with van der Waals surface area (Å²) >= 11 is 0. The number of aliphatic hydroxyl groups excluding tert-OH is 2. The zero-order chi connectivity index (χ0) is 34.9. The molecule has 0 aliphatic rings. The van der Waals surface area contributed by atoms with Crippen LogP contribution in [0.5, 0.6) is 0 Å². The number of amides is 1. The molecule has 3 atom stereocenters. The van der Waals surface area contributed by atoms with E-state index in [-0.39, 0.29) is 6.42 Å². The monoisotopic (exact) mass is 684 g/mol. The summed E-state index contributed by atoms with van der Waals surface area (Å²) in [7, 11) is -4.45. The molecule has 8 heteroatoms. The highest BCUT2D eigenvalue weighted by molar-refractivity contribution is 7.85. The quantitative estimate of drug-likeness (QED) is 0.0304. The van der Waals surface area contributed by atoms with E-state index < -0.39 is 40.0 Å². The lowest BCUT2D eigenvalue weighted by atomic mass is 10.0. The van der Waals surface area contributed by atoms with Crippen LogP contribution in [-0.2, 0) is 14.9 Å². The van der Waals surface area contributed by atoms with Gasteiger partial charge in [0.1, 0.15) is 6.10 Å². The van der Waals surface area contributed by atoms with E-state index in [9.17, 15) is 28.0 Å². The van der Waals surface area contributed by atoms with E-state index in [1.165, 1.54) is 122 Å². The van der Waals surface area contributed by atoms with Gasteiger partial charge in [0.2, 0.25) is 5.91 Å². The summed E-state index contributed by atoms with van der Waals surface area (Å²) < 4.78 is 32.4. The minimum Gasteiger partial charge on any atom is -0.387 e. The van der Waals surface area contributed by atoms with Crippen molar-refractivity contribution in [3.63, 3.8) is 0 Å². The number of unbranched alkanes of at least 4 members (excludes halogenated alkanes) is 21. The molecule has 7 nitrogen and oxygen atoms in total. The van der Waals surface area contributed by atoms with E-state index in [0.29, 0.717) is 12.8 Å². The van der Waals surface area contributed by atoms with Crippen LogP contribution in [0.1, 0.15) is 181 Å². The fourth-order valence-corrected chi connectivity index (χ4v) is 6.38. The van der Waals surface area contributed by atoms with Crippen molar-refractivity contribution in [3.8, 4) is 0 Å². The lowest BCUT2D eigenvalue weighted by Crippen LogP contribution is -2.50. The summed E-state index contributed by atoms with van der Waals surface area (Å²) in [6, 6.07) is -1.25. The standard InChI is InChI=1S/C39H73NO6S/c1-3-5-7-9-11-13-15-17-18-19-20-21-22-24-25-27-29-31-33-37(41)36(35-47(44,45)46)40-39(43)38(42)34-32-30-28-26-23-16-14-12-10-8-6-4-2/h23-26,31,33,36-38,41-42H,3-22,27-30,32,34-35H2,1-2H3,(H,40,43)(H,44,45,46)/b25-24+,26-23-,33-31+. The average molecular weight is 684 g/mol. The van der Waals surface area contributed by atoms with Crippen LogP contribution in [0.3, 0.4) is 0 Å². The predicted octanol–water partition coefficient (Wildman–Crippen LogP) is 9.93. The number of hydrogen-bond acceptors (Lipinski definition) is 5. The second-order valence-electron chi connectivity index (χ2n) is 13.3. The smallest absolute Gasteiger partial charge is 0.267 e. The fraction of sp³-hybridized carbons (Fsp3) is 0.821. The van der Waals surface area contributed by atoms with Gasteiger partial charge in [-0.3, -0.25) is 9.35 Å². The molecule has 0 radical (unpaired) electrons. The van der Waals surface area contributed by atoms with Crippen molar-refractivity contribution in [3.05, 3.63) is 36.5 Å². The Morgan fingerprint density at radius 1 is 0.574 bits per heavy atom. The van der Waals surface area contributed by atoms with E-state index >= 15 is 0 Å². The Morgan fingerprint density at radius 3 is 1.40 bits per heavy atom. The van der Waals surface area contributed by atoms with Gasteiger partial charge in [-0.1, -0.05) is 159 Å². The van der Waals surface area contributed by atoms with Crippen LogP contribution in [-0.4, -0.2) is 53.1 Å². The Morgan fingerprint density at radius 2 is 0.957 bits per heavy atom. The van der Waals surface area contributed by atoms with E-state index in [1.54, 1.807) is 6.08 Å². The van der Waals surface area contributed by atoms with E-state index in [2.05, 4.69) is 43.5 Å². The highest BCUT2D eigenvalue weighted by Gasteiger charge is 2.27. The topological polar surface area (TPSA) is 124 Å². The van der Waals surface area contributed by atoms with Crippen LogP contribution in [0.2, 0.25) is 0 Å². The minimum atomic E-state index is -4.45. The third-order valence-electron chi connectivity index (χ3n) is 8.65.